The van der Waals surface area contributed by atoms with E-state index in [0.717, 1.165) is 18.8 Å². The van der Waals surface area contributed by atoms with Crippen LogP contribution in [-0.4, -0.2) is 13.1 Å². The van der Waals surface area contributed by atoms with Gasteiger partial charge in [-0.05, 0) is 35.6 Å². The second-order valence-corrected chi connectivity index (χ2v) is 6.59. The third-order valence-electron chi connectivity index (χ3n) is 3.06. The minimum atomic E-state index is 0.0517. The molecule has 3 nitrogen and oxygen atoms in total. The first kappa shape index (κ1) is 18.1. The largest absolute Gasteiger partial charge is 0.371 e. The zero-order chi connectivity index (χ0) is 16.7. The number of nitrogens with zero attached hydrogens (tertiary/aromatic N) is 3. The minimum absolute atomic E-state index is 0.0517. The van der Waals surface area contributed by atoms with Crippen molar-refractivity contribution in [2.45, 2.75) is 27.7 Å². The van der Waals surface area contributed by atoms with Crippen LogP contribution in [0.3, 0.4) is 0 Å². The Bertz CT molecular complexity index is 592. The number of allylic oxidation sites excluding steroid dienone is 1. The molecule has 0 aromatic heterocycles. The van der Waals surface area contributed by atoms with Gasteiger partial charge in [0.2, 0.25) is 0 Å². The lowest BCUT2D eigenvalue weighted by Gasteiger charge is -2.29. The van der Waals surface area contributed by atoms with Gasteiger partial charge in [0.15, 0.2) is 0 Å². The van der Waals surface area contributed by atoms with Crippen molar-refractivity contribution in [3.8, 4) is 12.1 Å². The Hall–Kier alpha value is -1.97. The first-order chi connectivity index (χ1) is 10.4. The zero-order valence-corrected chi connectivity index (χ0v) is 14.4. The summed E-state index contributed by atoms with van der Waals surface area (Å²) >= 11 is 6.31. The molecular weight excluding hydrogens is 294 g/mol. The highest BCUT2D eigenvalue weighted by Gasteiger charge is 2.12. The molecule has 0 spiro atoms. The van der Waals surface area contributed by atoms with Gasteiger partial charge in [0.25, 0.3) is 0 Å². The van der Waals surface area contributed by atoms with Gasteiger partial charge in [-0.2, -0.15) is 10.5 Å². The van der Waals surface area contributed by atoms with E-state index in [1.807, 2.05) is 30.3 Å². The number of rotatable bonds is 6. The molecule has 0 saturated carbocycles. The number of nitriles is 2. The topological polar surface area (TPSA) is 50.8 Å². The maximum Gasteiger partial charge on any atom is 0.130 e. The third-order valence-corrected chi connectivity index (χ3v) is 3.39. The van der Waals surface area contributed by atoms with E-state index in [2.05, 4.69) is 32.6 Å². The highest BCUT2D eigenvalue weighted by Crippen LogP contribution is 2.26. The van der Waals surface area contributed by atoms with E-state index >= 15 is 0 Å². The Labute approximate surface area is 138 Å². The highest BCUT2D eigenvalue weighted by atomic mass is 35.5. The van der Waals surface area contributed by atoms with Gasteiger partial charge in [-0.3, -0.25) is 0 Å². The van der Waals surface area contributed by atoms with Crippen molar-refractivity contribution in [1.82, 2.24) is 0 Å². The molecule has 1 aromatic rings. The summed E-state index contributed by atoms with van der Waals surface area (Å²) in [6.45, 7) is 10.7. The zero-order valence-electron chi connectivity index (χ0n) is 13.6. The van der Waals surface area contributed by atoms with E-state index in [-0.39, 0.29) is 5.57 Å². The summed E-state index contributed by atoms with van der Waals surface area (Å²) in [7, 11) is 0. The summed E-state index contributed by atoms with van der Waals surface area (Å²) in [5.74, 6) is 1.11. The van der Waals surface area contributed by atoms with Gasteiger partial charge in [0.05, 0.1) is 0 Å². The maximum absolute atomic E-state index is 8.83. The van der Waals surface area contributed by atoms with Crippen molar-refractivity contribution in [2.75, 3.05) is 18.0 Å². The normalized spacial score (nSPS) is 10.2. The van der Waals surface area contributed by atoms with Crippen LogP contribution in [0.4, 0.5) is 5.69 Å². The molecule has 0 amide bonds. The van der Waals surface area contributed by atoms with E-state index in [1.54, 1.807) is 0 Å². The lowest BCUT2D eigenvalue weighted by molar-refractivity contribution is 0.553. The molecule has 0 aliphatic heterocycles. The summed E-state index contributed by atoms with van der Waals surface area (Å²) in [4.78, 5) is 2.32. The molecule has 0 unspecified atom stereocenters. The van der Waals surface area contributed by atoms with E-state index in [4.69, 9.17) is 22.1 Å². The Balaban J connectivity index is 3.11. The number of halogens is 1. The van der Waals surface area contributed by atoms with Gasteiger partial charge in [-0.1, -0.05) is 45.4 Å². The lowest BCUT2D eigenvalue weighted by atomic mass is 10.1. The van der Waals surface area contributed by atoms with Crippen LogP contribution in [0.15, 0.2) is 23.8 Å². The van der Waals surface area contributed by atoms with Crippen LogP contribution in [-0.2, 0) is 0 Å². The predicted octanol–water partition coefficient (Wildman–Crippen LogP) is 4.89. The fourth-order valence-corrected chi connectivity index (χ4v) is 2.47. The molecule has 0 saturated heterocycles. The van der Waals surface area contributed by atoms with Gasteiger partial charge in [-0.15, -0.1) is 0 Å². The molecule has 116 valence electrons. The third kappa shape index (κ3) is 5.43. The highest BCUT2D eigenvalue weighted by molar-refractivity contribution is 6.32. The van der Waals surface area contributed by atoms with Crippen LogP contribution in [0.25, 0.3) is 6.08 Å². The molecule has 0 fully saturated rings. The van der Waals surface area contributed by atoms with Crippen LogP contribution in [0, 0.1) is 34.5 Å². The average Bonchev–Trinajstić information content (AvgIpc) is 2.44. The lowest BCUT2D eigenvalue weighted by Crippen LogP contribution is -2.31. The predicted molar refractivity (Wildman–Crippen MR) is 92.5 cm³/mol. The quantitative estimate of drug-likeness (QED) is 0.702. The Morgan fingerprint density at radius 1 is 1.14 bits per heavy atom. The van der Waals surface area contributed by atoms with Gasteiger partial charge in [0.1, 0.15) is 17.7 Å². The van der Waals surface area contributed by atoms with Crippen molar-refractivity contribution in [2.24, 2.45) is 11.8 Å². The minimum Gasteiger partial charge on any atom is -0.371 e. The SMILES string of the molecule is CC(C)CN(CC(C)C)c1ccc(C=C(C#N)C#N)c(Cl)c1. The molecule has 0 atom stereocenters. The molecule has 0 aliphatic carbocycles. The number of anilines is 1. The summed E-state index contributed by atoms with van der Waals surface area (Å²) < 4.78 is 0. The molecule has 0 aliphatic rings. The number of hydrogen-bond acceptors (Lipinski definition) is 3. The first-order valence-electron chi connectivity index (χ1n) is 7.43. The summed E-state index contributed by atoms with van der Waals surface area (Å²) in [6, 6.07) is 9.46. The molecule has 0 N–H and O–H groups in total. The molecule has 4 heteroatoms. The fourth-order valence-electron chi connectivity index (χ4n) is 2.24. The maximum atomic E-state index is 8.83. The van der Waals surface area contributed by atoms with Crippen LogP contribution >= 0.6 is 11.6 Å². The number of benzene rings is 1. The van der Waals surface area contributed by atoms with E-state index in [1.165, 1.54) is 6.08 Å². The molecular formula is C18H22ClN3. The molecule has 0 bridgehead atoms. The second-order valence-electron chi connectivity index (χ2n) is 6.18. The summed E-state index contributed by atoms with van der Waals surface area (Å²) in [5.41, 5.74) is 1.81. The first-order valence-corrected chi connectivity index (χ1v) is 7.81. The van der Waals surface area contributed by atoms with Gasteiger partial charge in [0, 0.05) is 23.8 Å². The Morgan fingerprint density at radius 2 is 1.68 bits per heavy atom. The van der Waals surface area contributed by atoms with Crippen LogP contribution < -0.4 is 4.90 Å². The van der Waals surface area contributed by atoms with Gasteiger partial charge < -0.3 is 4.90 Å². The summed E-state index contributed by atoms with van der Waals surface area (Å²) in [5, 5.41) is 18.2. The second kappa shape index (κ2) is 8.47. The van der Waals surface area contributed by atoms with Crippen LogP contribution in [0.2, 0.25) is 5.02 Å². The molecule has 1 rings (SSSR count). The Kier molecular flexibility index (Phi) is 6.96. The van der Waals surface area contributed by atoms with E-state index in [9.17, 15) is 0 Å². The standard InChI is InChI=1S/C18H22ClN3/c1-13(2)11-22(12-14(3)4)17-6-5-16(18(19)8-17)7-15(9-20)10-21/h5-8,13-14H,11-12H2,1-4H3. The fraction of sp³-hybridized carbons (Fsp3) is 0.444. The van der Waals surface area contributed by atoms with Crippen LogP contribution in [0.1, 0.15) is 33.3 Å². The molecule has 0 heterocycles. The van der Waals surface area contributed by atoms with Crippen molar-refractivity contribution in [3.63, 3.8) is 0 Å². The van der Waals surface area contributed by atoms with Crippen molar-refractivity contribution >= 4 is 23.4 Å². The van der Waals surface area contributed by atoms with Crippen molar-refractivity contribution in [3.05, 3.63) is 34.4 Å². The van der Waals surface area contributed by atoms with Gasteiger partial charge >= 0.3 is 0 Å². The van der Waals surface area contributed by atoms with Crippen LogP contribution in [0.5, 0.6) is 0 Å². The molecule has 0 radical (unpaired) electrons. The van der Waals surface area contributed by atoms with E-state index in [0.29, 0.717) is 22.4 Å². The molecule has 22 heavy (non-hydrogen) atoms. The Morgan fingerprint density at radius 3 is 2.09 bits per heavy atom. The smallest absolute Gasteiger partial charge is 0.130 e. The average molecular weight is 316 g/mol. The van der Waals surface area contributed by atoms with Gasteiger partial charge in [-0.25, -0.2) is 0 Å². The van der Waals surface area contributed by atoms with E-state index < -0.39 is 0 Å². The summed E-state index contributed by atoms with van der Waals surface area (Å²) in [6.07, 6.45) is 1.52. The van der Waals surface area contributed by atoms with Crippen molar-refractivity contribution in [1.29, 1.82) is 10.5 Å². The monoisotopic (exact) mass is 315 g/mol. The molecule has 1 aromatic carbocycles. The van der Waals surface area contributed by atoms with Crippen molar-refractivity contribution < 1.29 is 0 Å². The number of hydrogen-bond donors (Lipinski definition) is 0.